The number of carbonyl (C=O) groups is 1. The normalized spacial score (nSPS) is 45.2. The third kappa shape index (κ3) is 2.96. The van der Waals surface area contributed by atoms with Gasteiger partial charge in [-0.3, -0.25) is 4.79 Å². The van der Waals surface area contributed by atoms with E-state index in [1.54, 1.807) is 0 Å². The molecule has 5 aliphatic carbocycles. The van der Waals surface area contributed by atoms with Crippen LogP contribution in [-0.4, -0.2) is 17.5 Å². The molecule has 0 amide bonds. The van der Waals surface area contributed by atoms with Crippen molar-refractivity contribution in [2.24, 2.45) is 23.7 Å². The average molecular weight is 398 g/mol. The molecule has 5 saturated carbocycles. The first-order chi connectivity index (χ1) is 14.0. The minimum absolute atomic E-state index is 0.290. The molecule has 5 nitrogen and oxygen atoms in total. The SMILES string of the molecule is CC(=O)Oc1cccc(C2CCC[C@]3(C2)OOC2(O3)C3CC4CC(C3)CC2C4)c1. The summed E-state index contributed by atoms with van der Waals surface area (Å²) in [6.45, 7) is 1.43. The van der Waals surface area contributed by atoms with Crippen molar-refractivity contribution in [1.29, 1.82) is 0 Å². The summed E-state index contributed by atoms with van der Waals surface area (Å²) in [5.41, 5.74) is 1.18. The Hall–Kier alpha value is -1.43. The zero-order valence-corrected chi connectivity index (χ0v) is 17.1. The molecule has 29 heavy (non-hydrogen) atoms. The summed E-state index contributed by atoms with van der Waals surface area (Å²) in [4.78, 5) is 23.6. The molecule has 2 spiro atoms. The summed E-state index contributed by atoms with van der Waals surface area (Å²) >= 11 is 0. The maximum absolute atomic E-state index is 11.3. The third-order valence-corrected chi connectivity index (χ3v) is 8.20. The standard InChI is InChI=1S/C24H30O5/c1-15(25)26-22-6-2-4-18(13-22)19-5-3-7-23(14-19)27-24(29-28-23)20-9-16-8-17(11-20)12-21(24)10-16/h2,4,6,13,16-17,19-21H,3,5,7-12,14H2,1H3/t16?,17?,19?,20?,21?,23-,24?/m1/s1. The molecule has 4 bridgehead atoms. The first-order valence-electron chi connectivity index (χ1n) is 11.4. The van der Waals surface area contributed by atoms with Gasteiger partial charge in [0.2, 0.25) is 11.6 Å². The lowest BCUT2D eigenvalue weighted by atomic mass is 9.53. The van der Waals surface area contributed by atoms with E-state index >= 15 is 0 Å². The second-order valence-corrected chi connectivity index (χ2v) is 10.2. The fourth-order valence-electron chi connectivity index (χ4n) is 7.26. The molecule has 1 aromatic carbocycles. The van der Waals surface area contributed by atoms with Crippen molar-refractivity contribution in [1.82, 2.24) is 0 Å². The molecule has 156 valence electrons. The topological polar surface area (TPSA) is 54.0 Å². The van der Waals surface area contributed by atoms with E-state index in [9.17, 15) is 4.79 Å². The molecular formula is C24H30O5. The summed E-state index contributed by atoms with van der Waals surface area (Å²) in [6.07, 6.45) is 10.2. The first kappa shape index (κ1) is 18.3. The van der Waals surface area contributed by atoms with Crippen LogP contribution in [0, 0.1) is 23.7 Å². The molecule has 0 N–H and O–H groups in total. The van der Waals surface area contributed by atoms with E-state index in [0.717, 1.165) is 37.5 Å². The lowest BCUT2D eigenvalue weighted by molar-refractivity contribution is -0.390. The quantitative estimate of drug-likeness (QED) is 0.394. The Morgan fingerprint density at radius 3 is 2.55 bits per heavy atom. The molecular weight excluding hydrogens is 368 g/mol. The number of ether oxygens (including phenoxy) is 2. The minimum Gasteiger partial charge on any atom is -0.427 e. The molecule has 0 aromatic heterocycles. The largest absolute Gasteiger partial charge is 0.427 e. The molecule has 1 aliphatic heterocycles. The van der Waals surface area contributed by atoms with Crippen LogP contribution in [0.15, 0.2) is 24.3 Å². The second-order valence-electron chi connectivity index (χ2n) is 10.2. The second kappa shape index (κ2) is 6.53. The zero-order valence-electron chi connectivity index (χ0n) is 17.1. The molecule has 2 atom stereocenters. The predicted octanol–water partition coefficient (Wildman–Crippen LogP) is 5.10. The zero-order chi connectivity index (χ0) is 19.6. The van der Waals surface area contributed by atoms with Crippen LogP contribution in [0.2, 0.25) is 0 Å². The Kier molecular flexibility index (Phi) is 4.13. The Balaban J connectivity index is 1.23. The number of hydrogen-bond acceptors (Lipinski definition) is 5. The summed E-state index contributed by atoms with van der Waals surface area (Å²) in [6, 6.07) is 7.89. The number of rotatable bonds is 2. The maximum atomic E-state index is 11.3. The van der Waals surface area contributed by atoms with Crippen molar-refractivity contribution in [3.8, 4) is 5.75 Å². The van der Waals surface area contributed by atoms with Crippen molar-refractivity contribution in [2.75, 3.05) is 0 Å². The molecule has 1 unspecified atom stereocenters. The van der Waals surface area contributed by atoms with E-state index in [4.69, 9.17) is 19.2 Å². The van der Waals surface area contributed by atoms with Gasteiger partial charge in [0.1, 0.15) is 5.75 Å². The Morgan fingerprint density at radius 2 is 1.83 bits per heavy atom. The van der Waals surface area contributed by atoms with Crippen molar-refractivity contribution < 1.29 is 24.0 Å². The number of benzene rings is 1. The molecule has 7 rings (SSSR count). The van der Waals surface area contributed by atoms with Gasteiger partial charge >= 0.3 is 5.97 Å². The number of carbonyl (C=O) groups excluding carboxylic acids is 1. The third-order valence-electron chi connectivity index (χ3n) is 8.20. The predicted molar refractivity (Wildman–Crippen MR) is 105 cm³/mol. The molecule has 1 saturated heterocycles. The Labute approximate surface area is 172 Å². The van der Waals surface area contributed by atoms with Crippen LogP contribution in [0.5, 0.6) is 5.75 Å². The van der Waals surface area contributed by atoms with Crippen molar-refractivity contribution in [3.05, 3.63) is 29.8 Å². The van der Waals surface area contributed by atoms with Crippen LogP contribution < -0.4 is 4.74 Å². The van der Waals surface area contributed by atoms with Crippen LogP contribution in [0.4, 0.5) is 0 Å². The van der Waals surface area contributed by atoms with Gasteiger partial charge in [-0.1, -0.05) is 12.1 Å². The van der Waals surface area contributed by atoms with E-state index in [2.05, 4.69) is 6.07 Å². The fourth-order valence-corrected chi connectivity index (χ4v) is 7.26. The lowest BCUT2D eigenvalue weighted by Gasteiger charge is -2.57. The van der Waals surface area contributed by atoms with E-state index < -0.39 is 11.6 Å². The van der Waals surface area contributed by atoms with E-state index in [-0.39, 0.29) is 5.97 Å². The van der Waals surface area contributed by atoms with Gasteiger partial charge in [0.25, 0.3) is 0 Å². The summed E-state index contributed by atoms with van der Waals surface area (Å²) in [5.74, 6) is 2.22. The Morgan fingerprint density at radius 1 is 1.07 bits per heavy atom. The van der Waals surface area contributed by atoms with Gasteiger partial charge < -0.3 is 9.47 Å². The summed E-state index contributed by atoms with van der Waals surface area (Å²) in [5, 5.41) is 0. The smallest absolute Gasteiger partial charge is 0.308 e. The van der Waals surface area contributed by atoms with Gasteiger partial charge in [-0.15, -0.1) is 0 Å². The van der Waals surface area contributed by atoms with Gasteiger partial charge in [-0.25, -0.2) is 0 Å². The molecule has 0 radical (unpaired) electrons. The van der Waals surface area contributed by atoms with Crippen LogP contribution >= 0.6 is 0 Å². The van der Waals surface area contributed by atoms with E-state index in [1.165, 1.54) is 44.6 Å². The van der Waals surface area contributed by atoms with Gasteiger partial charge in [-0.05, 0) is 80.4 Å². The highest BCUT2D eigenvalue weighted by Gasteiger charge is 2.67. The van der Waals surface area contributed by atoms with Gasteiger partial charge in [0, 0.05) is 31.6 Å². The molecule has 5 heteroatoms. The number of hydrogen-bond donors (Lipinski definition) is 0. The maximum Gasteiger partial charge on any atom is 0.308 e. The highest BCUT2D eigenvalue weighted by atomic mass is 17.3. The molecule has 1 heterocycles. The van der Waals surface area contributed by atoms with Gasteiger partial charge in [-0.2, -0.15) is 9.78 Å². The van der Waals surface area contributed by atoms with Gasteiger partial charge in [0.15, 0.2) is 0 Å². The first-order valence-corrected chi connectivity index (χ1v) is 11.4. The van der Waals surface area contributed by atoms with Gasteiger partial charge in [0.05, 0.1) is 0 Å². The van der Waals surface area contributed by atoms with E-state index in [0.29, 0.717) is 23.5 Å². The lowest BCUT2D eigenvalue weighted by Crippen LogP contribution is -2.59. The van der Waals surface area contributed by atoms with Crippen molar-refractivity contribution in [3.63, 3.8) is 0 Å². The summed E-state index contributed by atoms with van der Waals surface area (Å²) < 4.78 is 12.2. The Bertz CT molecular complexity index is 791. The van der Waals surface area contributed by atoms with E-state index in [1.807, 2.05) is 18.2 Å². The van der Waals surface area contributed by atoms with Crippen LogP contribution in [0.1, 0.15) is 76.2 Å². The van der Waals surface area contributed by atoms with Crippen molar-refractivity contribution >= 4 is 5.97 Å². The fraction of sp³-hybridized carbons (Fsp3) is 0.708. The van der Waals surface area contributed by atoms with Crippen LogP contribution in [0.3, 0.4) is 0 Å². The highest BCUT2D eigenvalue weighted by Crippen LogP contribution is 2.64. The molecule has 6 fully saturated rings. The minimum atomic E-state index is -0.629. The molecule has 1 aromatic rings. The number of esters is 1. The van der Waals surface area contributed by atoms with Crippen LogP contribution in [-0.2, 0) is 19.3 Å². The highest BCUT2D eigenvalue weighted by molar-refractivity contribution is 5.69. The van der Waals surface area contributed by atoms with Crippen LogP contribution in [0.25, 0.3) is 0 Å². The molecule has 6 aliphatic rings. The average Bonchev–Trinajstić information content (AvgIpc) is 3.05. The monoisotopic (exact) mass is 398 g/mol. The summed E-state index contributed by atoms with van der Waals surface area (Å²) in [7, 11) is 0. The van der Waals surface area contributed by atoms with Crippen molar-refractivity contribution in [2.45, 2.75) is 82.2 Å².